The van der Waals surface area contributed by atoms with Gasteiger partial charge in [-0.25, -0.2) is 0 Å². The van der Waals surface area contributed by atoms with E-state index in [1.807, 2.05) is 18.2 Å². The predicted octanol–water partition coefficient (Wildman–Crippen LogP) is 3.63. The van der Waals surface area contributed by atoms with Gasteiger partial charge in [0.25, 0.3) is 0 Å². The fourth-order valence-corrected chi connectivity index (χ4v) is 1.61. The molecule has 1 unspecified atom stereocenters. The van der Waals surface area contributed by atoms with Gasteiger partial charge < -0.3 is 10.1 Å². The van der Waals surface area contributed by atoms with Crippen LogP contribution in [0.2, 0.25) is 0 Å². The van der Waals surface area contributed by atoms with Crippen molar-refractivity contribution >= 4 is 0 Å². The van der Waals surface area contributed by atoms with Gasteiger partial charge in [0, 0.05) is 12.1 Å². The van der Waals surface area contributed by atoms with Crippen LogP contribution >= 0.6 is 0 Å². The van der Waals surface area contributed by atoms with Gasteiger partial charge in [0.05, 0.1) is 0 Å². The molecule has 0 aromatic heterocycles. The zero-order chi connectivity index (χ0) is 13.4. The molecule has 1 aromatic carbocycles. The molecule has 0 aliphatic rings. The number of para-hydroxylation sites is 1. The first kappa shape index (κ1) is 14.8. The summed E-state index contributed by atoms with van der Waals surface area (Å²) in [7, 11) is 0. The molecule has 0 saturated heterocycles. The van der Waals surface area contributed by atoms with E-state index in [1.54, 1.807) is 6.08 Å². The highest BCUT2D eigenvalue weighted by atomic mass is 16.5. The zero-order valence-corrected chi connectivity index (χ0v) is 11.8. The van der Waals surface area contributed by atoms with Crippen molar-refractivity contribution in [3.05, 3.63) is 42.5 Å². The standard InChI is InChI=1S/C16H25NO/c1-5-10-18-16-9-7-6-8-15(16)12-17-11-14(4)13(2)3/h5-9,13-14,17H,1,10-12H2,2-4H3. The summed E-state index contributed by atoms with van der Waals surface area (Å²) >= 11 is 0. The molecule has 1 atom stereocenters. The van der Waals surface area contributed by atoms with Crippen molar-refractivity contribution in [2.45, 2.75) is 27.3 Å². The van der Waals surface area contributed by atoms with E-state index in [2.05, 4.69) is 38.7 Å². The van der Waals surface area contributed by atoms with E-state index in [1.165, 1.54) is 5.56 Å². The van der Waals surface area contributed by atoms with Crippen LogP contribution in [0.3, 0.4) is 0 Å². The lowest BCUT2D eigenvalue weighted by Gasteiger charge is -2.17. The second-order valence-electron chi connectivity index (χ2n) is 5.06. The average molecular weight is 247 g/mol. The van der Waals surface area contributed by atoms with Gasteiger partial charge in [-0.05, 0) is 24.4 Å². The summed E-state index contributed by atoms with van der Waals surface area (Å²) in [5.41, 5.74) is 1.20. The van der Waals surface area contributed by atoms with E-state index in [0.717, 1.165) is 18.8 Å². The van der Waals surface area contributed by atoms with Gasteiger partial charge in [-0.15, -0.1) is 0 Å². The Morgan fingerprint density at radius 1 is 1.28 bits per heavy atom. The zero-order valence-electron chi connectivity index (χ0n) is 11.8. The highest BCUT2D eigenvalue weighted by Gasteiger charge is 2.07. The third kappa shape index (κ3) is 4.92. The van der Waals surface area contributed by atoms with Crippen molar-refractivity contribution in [3.63, 3.8) is 0 Å². The molecule has 0 amide bonds. The molecule has 1 aromatic rings. The van der Waals surface area contributed by atoms with Crippen molar-refractivity contribution in [2.75, 3.05) is 13.2 Å². The molecule has 0 spiro atoms. The van der Waals surface area contributed by atoms with Gasteiger partial charge >= 0.3 is 0 Å². The van der Waals surface area contributed by atoms with Gasteiger partial charge in [-0.3, -0.25) is 0 Å². The fraction of sp³-hybridized carbons (Fsp3) is 0.500. The number of ether oxygens (including phenoxy) is 1. The van der Waals surface area contributed by atoms with Crippen molar-refractivity contribution in [3.8, 4) is 5.75 Å². The first-order valence-electron chi connectivity index (χ1n) is 6.67. The van der Waals surface area contributed by atoms with Crippen molar-refractivity contribution < 1.29 is 4.74 Å². The summed E-state index contributed by atoms with van der Waals surface area (Å²) in [5.74, 6) is 2.35. The molecule has 0 aliphatic heterocycles. The van der Waals surface area contributed by atoms with Crippen LogP contribution in [0.5, 0.6) is 5.75 Å². The Hall–Kier alpha value is -1.28. The lowest BCUT2D eigenvalue weighted by atomic mass is 9.98. The van der Waals surface area contributed by atoms with Crippen LogP contribution < -0.4 is 10.1 Å². The molecule has 0 saturated carbocycles. The minimum atomic E-state index is 0.555. The number of benzene rings is 1. The Bertz CT molecular complexity index is 360. The van der Waals surface area contributed by atoms with Crippen LogP contribution in [0, 0.1) is 11.8 Å². The van der Waals surface area contributed by atoms with Gasteiger partial charge in [0.15, 0.2) is 0 Å². The number of nitrogens with one attached hydrogen (secondary N) is 1. The van der Waals surface area contributed by atoms with Crippen LogP contribution in [0.25, 0.3) is 0 Å². The van der Waals surface area contributed by atoms with E-state index in [-0.39, 0.29) is 0 Å². The van der Waals surface area contributed by atoms with E-state index in [4.69, 9.17) is 4.74 Å². The number of hydrogen-bond donors (Lipinski definition) is 1. The van der Waals surface area contributed by atoms with Crippen LogP contribution in [0.15, 0.2) is 36.9 Å². The second kappa shape index (κ2) is 7.93. The topological polar surface area (TPSA) is 21.3 Å². The maximum absolute atomic E-state index is 5.63. The Balaban J connectivity index is 2.48. The van der Waals surface area contributed by atoms with Crippen molar-refractivity contribution in [2.24, 2.45) is 11.8 Å². The number of hydrogen-bond acceptors (Lipinski definition) is 2. The Labute approximate surface area is 111 Å². The van der Waals surface area contributed by atoms with Crippen LogP contribution in [-0.2, 0) is 6.54 Å². The van der Waals surface area contributed by atoms with Crippen LogP contribution in [-0.4, -0.2) is 13.2 Å². The summed E-state index contributed by atoms with van der Waals surface area (Å²) < 4.78 is 5.63. The average Bonchev–Trinajstić information content (AvgIpc) is 2.37. The highest BCUT2D eigenvalue weighted by molar-refractivity contribution is 5.33. The van der Waals surface area contributed by atoms with Crippen LogP contribution in [0.4, 0.5) is 0 Å². The molecular weight excluding hydrogens is 222 g/mol. The Morgan fingerprint density at radius 3 is 2.67 bits per heavy atom. The molecule has 0 radical (unpaired) electrons. The summed E-state index contributed by atoms with van der Waals surface area (Å²) in [6.07, 6.45) is 1.77. The molecular formula is C16H25NO. The predicted molar refractivity (Wildman–Crippen MR) is 77.8 cm³/mol. The third-order valence-corrected chi connectivity index (χ3v) is 3.25. The van der Waals surface area contributed by atoms with Gasteiger partial charge in [0.2, 0.25) is 0 Å². The highest BCUT2D eigenvalue weighted by Crippen LogP contribution is 2.18. The summed E-state index contributed by atoms with van der Waals surface area (Å²) in [4.78, 5) is 0. The molecule has 100 valence electrons. The second-order valence-corrected chi connectivity index (χ2v) is 5.06. The Morgan fingerprint density at radius 2 is 2.00 bits per heavy atom. The molecule has 0 heterocycles. The van der Waals surface area contributed by atoms with Crippen molar-refractivity contribution in [1.82, 2.24) is 5.32 Å². The lowest BCUT2D eigenvalue weighted by Crippen LogP contribution is -2.24. The minimum absolute atomic E-state index is 0.555. The van der Waals surface area contributed by atoms with Gasteiger partial charge in [0.1, 0.15) is 12.4 Å². The van der Waals surface area contributed by atoms with Crippen molar-refractivity contribution in [1.29, 1.82) is 0 Å². The molecule has 18 heavy (non-hydrogen) atoms. The maximum atomic E-state index is 5.63. The van der Waals surface area contributed by atoms with E-state index in [9.17, 15) is 0 Å². The molecule has 2 heteroatoms. The van der Waals surface area contributed by atoms with E-state index < -0.39 is 0 Å². The van der Waals surface area contributed by atoms with E-state index >= 15 is 0 Å². The first-order valence-corrected chi connectivity index (χ1v) is 6.67. The summed E-state index contributed by atoms with van der Waals surface area (Å²) in [6.45, 7) is 12.9. The first-order chi connectivity index (χ1) is 8.65. The molecule has 2 nitrogen and oxygen atoms in total. The van der Waals surface area contributed by atoms with Gasteiger partial charge in [-0.1, -0.05) is 51.6 Å². The SMILES string of the molecule is C=CCOc1ccccc1CNCC(C)C(C)C. The quantitative estimate of drug-likeness (QED) is 0.708. The third-order valence-electron chi connectivity index (χ3n) is 3.25. The summed E-state index contributed by atoms with van der Waals surface area (Å²) in [5, 5.41) is 3.49. The summed E-state index contributed by atoms with van der Waals surface area (Å²) in [6, 6.07) is 8.15. The maximum Gasteiger partial charge on any atom is 0.124 e. The monoisotopic (exact) mass is 247 g/mol. The molecule has 1 N–H and O–H groups in total. The van der Waals surface area contributed by atoms with Gasteiger partial charge in [-0.2, -0.15) is 0 Å². The molecule has 0 fully saturated rings. The van der Waals surface area contributed by atoms with E-state index in [0.29, 0.717) is 18.4 Å². The largest absolute Gasteiger partial charge is 0.489 e. The molecule has 0 bridgehead atoms. The fourth-order valence-electron chi connectivity index (χ4n) is 1.61. The molecule has 0 aliphatic carbocycles. The van der Waals surface area contributed by atoms with Crippen LogP contribution in [0.1, 0.15) is 26.3 Å². The number of rotatable bonds is 8. The normalized spacial score (nSPS) is 12.4. The molecule has 1 rings (SSSR count). The smallest absolute Gasteiger partial charge is 0.124 e. The lowest BCUT2D eigenvalue weighted by molar-refractivity contribution is 0.354. The minimum Gasteiger partial charge on any atom is -0.489 e. The Kier molecular flexibility index (Phi) is 6.51.